The molecular weight excluding hydrogens is 256 g/mol. The summed E-state index contributed by atoms with van der Waals surface area (Å²) in [5.41, 5.74) is 0.389. The van der Waals surface area contributed by atoms with Gasteiger partial charge in [0.05, 0.1) is 5.69 Å². The molecule has 7 nitrogen and oxygen atoms in total. The van der Waals surface area contributed by atoms with Crippen LogP contribution in [0.2, 0.25) is 0 Å². The second-order valence-electron chi connectivity index (χ2n) is 3.54. The zero-order valence-electron chi connectivity index (χ0n) is 9.36. The zero-order chi connectivity index (χ0) is 12.5. The average molecular weight is 264 g/mol. The van der Waals surface area contributed by atoms with Gasteiger partial charge in [-0.1, -0.05) is 5.16 Å². The molecule has 0 aromatic carbocycles. The van der Waals surface area contributed by atoms with Gasteiger partial charge in [-0.2, -0.15) is 4.98 Å². The van der Waals surface area contributed by atoms with E-state index in [2.05, 4.69) is 15.1 Å². The Bertz CT molecular complexity index is 745. The summed E-state index contributed by atoms with van der Waals surface area (Å²) in [5, 5.41) is 5.39. The van der Waals surface area contributed by atoms with Gasteiger partial charge >= 0.3 is 6.08 Å². The minimum atomic E-state index is -0.137. The lowest BCUT2D eigenvalue weighted by Crippen LogP contribution is -2.14. The van der Waals surface area contributed by atoms with E-state index in [4.69, 9.17) is 9.26 Å². The fourth-order valence-corrected chi connectivity index (χ4v) is 2.17. The van der Waals surface area contributed by atoms with Crippen molar-refractivity contribution in [1.29, 1.82) is 0 Å². The van der Waals surface area contributed by atoms with Gasteiger partial charge in [0.2, 0.25) is 0 Å². The first kappa shape index (κ1) is 10.9. The normalized spacial score (nSPS) is 10.9. The Balaban J connectivity index is 1.84. The number of fused-ring (bicyclic) bond motifs is 1. The molecule has 0 fully saturated rings. The molecule has 92 valence electrons. The van der Waals surface area contributed by atoms with Gasteiger partial charge in [0.25, 0.3) is 5.56 Å². The minimum absolute atomic E-state index is 0.0701. The fourth-order valence-electron chi connectivity index (χ4n) is 1.43. The van der Waals surface area contributed by atoms with Crippen LogP contribution in [-0.2, 0) is 6.61 Å². The standard InChI is InChI=1S/C10H8N4O3S/c1-6-11-10(17-13-6)16-5-7-4-8(15)14-2-3-18-9(14)12-7/h2-4H,5H2,1H3. The number of aryl methyl sites for hydroxylation is 1. The van der Waals surface area contributed by atoms with Gasteiger partial charge in [-0.05, 0) is 6.92 Å². The molecule has 0 saturated carbocycles. The molecule has 0 bridgehead atoms. The van der Waals surface area contributed by atoms with Gasteiger partial charge in [-0.25, -0.2) is 4.98 Å². The highest BCUT2D eigenvalue weighted by Crippen LogP contribution is 2.10. The Kier molecular flexibility index (Phi) is 2.56. The monoisotopic (exact) mass is 264 g/mol. The number of aromatic nitrogens is 4. The molecule has 0 N–H and O–H groups in total. The number of nitrogens with zero attached hydrogens (tertiary/aromatic N) is 4. The molecule has 0 radical (unpaired) electrons. The van der Waals surface area contributed by atoms with E-state index >= 15 is 0 Å². The van der Waals surface area contributed by atoms with Crippen LogP contribution in [-0.4, -0.2) is 19.5 Å². The first-order valence-corrected chi connectivity index (χ1v) is 5.99. The first-order chi connectivity index (χ1) is 8.72. The highest BCUT2D eigenvalue weighted by molar-refractivity contribution is 7.15. The Morgan fingerprint density at radius 3 is 3.17 bits per heavy atom. The Morgan fingerprint density at radius 1 is 1.50 bits per heavy atom. The molecule has 0 saturated heterocycles. The van der Waals surface area contributed by atoms with Crippen LogP contribution in [0.4, 0.5) is 0 Å². The predicted octanol–water partition coefficient (Wildman–Crippen LogP) is 1.03. The molecule has 3 heterocycles. The maximum Gasteiger partial charge on any atom is 0.417 e. The van der Waals surface area contributed by atoms with E-state index in [9.17, 15) is 4.79 Å². The van der Waals surface area contributed by atoms with E-state index in [1.54, 1.807) is 18.5 Å². The summed E-state index contributed by atoms with van der Waals surface area (Å²) in [6.45, 7) is 1.81. The third-order valence-corrected chi connectivity index (χ3v) is 2.97. The lowest BCUT2D eigenvalue weighted by molar-refractivity contribution is 0.192. The van der Waals surface area contributed by atoms with Crippen LogP contribution >= 0.6 is 11.3 Å². The molecule has 0 aliphatic carbocycles. The molecule has 0 amide bonds. The van der Waals surface area contributed by atoms with Crippen molar-refractivity contribution in [3.8, 4) is 6.08 Å². The van der Waals surface area contributed by atoms with Crippen molar-refractivity contribution in [3.63, 3.8) is 0 Å². The summed E-state index contributed by atoms with van der Waals surface area (Å²) in [6, 6.07) is 1.42. The summed E-state index contributed by atoms with van der Waals surface area (Å²) in [5.74, 6) is 0.492. The zero-order valence-corrected chi connectivity index (χ0v) is 10.2. The molecule has 0 unspecified atom stereocenters. The van der Waals surface area contributed by atoms with E-state index in [0.717, 1.165) is 0 Å². The molecule has 0 aliphatic rings. The lowest BCUT2D eigenvalue weighted by Gasteiger charge is -2.00. The summed E-state index contributed by atoms with van der Waals surface area (Å²) in [4.78, 5) is 20.5. The van der Waals surface area contributed by atoms with Gasteiger partial charge in [-0.15, -0.1) is 11.3 Å². The van der Waals surface area contributed by atoms with Crippen molar-refractivity contribution in [1.82, 2.24) is 19.5 Å². The molecule has 8 heteroatoms. The van der Waals surface area contributed by atoms with E-state index < -0.39 is 0 Å². The van der Waals surface area contributed by atoms with Crippen molar-refractivity contribution < 1.29 is 9.26 Å². The fraction of sp³-hybridized carbons (Fsp3) is 0.200. The molecule has 0 atom stereocenters. The van der Waals surface area contributed by atoms with Crippen LogP contribution in [0.3, 0.4) is 0 Å². The van der Waals surface area contributed by atoms with Crippen LogP contribution in [0, 0.1) is 6.92 Å². The van der Waals surface area contributed by atoms with E-state index in [0.29, 0.717) is 16.5 Å². The van der Waals surface area contributed by atoms with Crippen LogP contribution in [0.1, 0.15) is 11.5 Å². The van der Waals surface area contributed by atoms with Crippen LogP contribution < -0.4 is 10.3 Å². The van der Waals surface area contributed by atoms with Gasteiger partial charge in [0.15, 0.2) is 10.8 Å². The summed E-state index contributed by atoms with van der Waals surface area (Å²) in [6.07, 6.45) is 1.75. The number of ether oxygens (including phenoxy) is 1. The van der Waals surface area contributed by atoms with E-state index in [1.165, 1.54) is 21.8 Å². The molecule has 0 spiro atoms. The Morgan fingerprint density at radius 2 is 2.39 bits per heavy atom. The second kappa shape index (κ2) is 4.22. The van der Waals surface area contributed by atoms with Crippen LogP contribution in [0.5, 0.6) is 6.08 Å². The van der Waals surface area contributed by atoms with Gasteiger partial charge in [0, 0.05) is 17.6 Å². The molecule has 0 aliphatic heterocycles. The van der Waals surface area contributed by atoms with Crippen LogP contribution in [0.25, 0.3) is 4.96 Å². The van der Waals surface area contributed by atoms with Crippen LogP contribution in [0.15, 0.2) is 27.0 Å². The molecule has 3 rings (SSSR count). The highest BCUT2D eigenvalue weighted by Gasteiger charge is 2.07. The maximum atomic E-state index is 11.7. The average Bonchev–Trinajstić information content (AvgIpc) is 2.95. The number of rotatable bonds is 3. The smallest absolute Gasteiger partial charge is 0.417 e. The van der Waals surface area contributed by atoms with Crippen molar-refractivity contribution in [2.45, 2.75) is 13.5 Å². The highest BCUT2D eigenvalue weighted by atomic mass is 32.1. The van der Waals surface area contributed by atoms with Crippen molar-refractivity contribution in [2.24, 2.45) is 0 Å². The van der Waals surface area contributed by atoms with Crippen molar-refractivity contribution in [3.05, 3.63) is 39.5 Å². The predicted molar refractivity (Wildman–Crippen MR) is 62.7 cm³/mol. The summed E-state index contributed by atoms with van der Waals surface area (Å²) in [7, 11) is 0. The molecule has 3 aromatic heterocycles. The maximum absolute atomic E-state index is 11.7. The number of hydrogen-bond donors (Lipinski definition) is 0. The third kappa shape index (κ3) is 1.97. The number of thiazole rings is 1. The Hall–Kier alpha value is -2.22. The van der Waals surface area contributed by atoms with Gasteiger partial charge < -0.3 is 4.74 Å². The quantitative estimate of drug-likeness (QED) is 0.702. The Labute approximate surface area is 105 Å². The van der Waals surface area contributed by atoms with E-state index in [1.807, 2.05) is 0 Å². The minimum Gasteiger partial charge on any atom is -0.442 e. The van der Waals surface area contributed by atoms with Crippen molar-refractivity contribution >= 4 is 16.3 Å². The van der Waals surface area contributed by atoms with Gasteiger partial charge in [-0.3, -0.25) is 13.7 Å². The lowest BCUT2D eigenvalue weighted by atomic mass is 10.4. The van der Waals surface area contributed by atoms with Gasteiger partial charge in [0.1, 0.15) is 6.61 Å². The molecule has 18 heavy (non-hydrogen) atoms. The second-order valence-corrected chi connectivity index (χ2v) is 4.41. The summed E-state index contributed by atoms with van der Waals surface area (Å²) < 4.78 is 11.5. The topological polar surface area (TPSA) is 82.5 Å². The molecule has 3 aromatic rings. The first-order valence-electron chi connectivity index (χ1n) is 5.11. The third-order valence-electron chi connectivity index (χ3n) is 2.21. The number of hydrogen-bond acceptors (Lipinski definition) is 7. The largest absolute Gasteiger partial charge is 0.442 e. The summed E-state index contributed by atoms with van der Waals surface area (Å²) >= 11 is 1.39. The SMILES string of the molecule is Cc1noc(OCc2cc(=O)n3ccsc3n2)n1. The van der Waals surface area contributed by atoms with Crippen molar-refractivity contribution in [2.75, 3.05) is 0 Å². The molecular formula is C10H8N4O3S. The van der Waals surface area contributed by atoms with E-state index in [-0.39, 0.29) is 18.2 Å².